The number of benzene rings is 1. The molecule has 0 atom stereocenters. The Labute approximate surface area is 131 Å². The van der Waals surface area contributed by atoms with Crippen LogP contribution in [0.2, 0.25) is 0 Å². The van der Waals surface area contributed by atoms with Crippen LogP contribution in [0.25, 0.3) is 11.3 Å². The van der Waals surface area contributed by atoms with Crippen LogP contribution in [-0.4, -0.2) is 18.1 Å². The summed E-state index contributed by atoms with van der Waals surface area (Å²) < 4.78 is 0. The number of piperidine rings is 1. The largest absolute Gasteiger partial charge is 0.317 e. The van der Waals surface area contributed by atoms with E-state index in [-0.39, 0.29) is 0 Å². The first-order valence-corrected chi connectivity index (χ1v) is 8.75. The van der Waals surface area contributed by atoms with Crippen LogP contribution in [0.15, 0.2) is 24.3 Å². The molecule has 0 aliphatic carbocycles. The minimum Gasteiger partial charge on any atom is -0.317 e. The molecule has 1 aromatic heterocycles. The van der Waals surface area contributed by atoms with Gasteiger partial charge in [0.1, 0.15) is 0 Å². The highest BCUT2D eigenvalue weighted by Gasteiger charge is 2.20. The van der Waals surface area contributed by atoms with Gasteiger partial charge in [-0.3, -0.25) is 0 Å². The van der Waals surface area contributed by atoms with Gasteiger partial charge in [0, 0.05) is 16.4 Å². The Hall–Kier alpha value is -1.19. The fourth-order valence-corrected chi connectivity index (χ4v) is 4.07. The van der Waals surface area contributed by atoms with E-state index in [2.05, 4.69) is 50.4 Å². The van der Waals surface area contributed by atoms with E-state index in [4.69, 9.17) is 4.98 Å². The topological polar surface area (TPSA) is 24.9 Å². The predicted octanol–water partition coefficient (Wildman–Crippen LogP) is 4.71. The van der Waals surface area contributed by atoms with Crippen LogP contribution in [0, 0.1) is 6.92 Å². The quantitative estimate of drug-likeness (QED) is 0.888. The highest BCUT2D eigenvalue weighted by Crippen LogP contribution is 2.35. The molecule has 3 heteroatoms. The second-order valence-corrected chi connectivity index (χ2v) is 7.49. The number of hydrogen-bond acceptors (Lipinski definition) is 3. The minimum atomic E-state index is 0.584. The van der Waals surface area contributed by atoms with Crippen molar-refractivity contribution in [1.82, 2.24) is 10.3 Å². The van der Waals surface area contributed by atoms with E-state index in [1.165, 1.54) is 39.5 Å². The predicted molar refractivity (Wildman–Crippen MR) is 91.2 cm³/mol. The number of hydrogen-bond donors (Lipinski definition) is 1. The van der Waals surface area contributed by atoms with Crippen molar-refractivity contribution in [2.24, 2.45) is 0 Å². The van der Waals surface area contributed by atoms with Crippen molar-refractivity contribution in [3.05, 3.63) is 39.7 Å². The van der Waals surface area contributed by atoms with Gasteiger partial charge in [-0.25, -0.2) is 4.98 Å². The van der Waals surface area contributed by atoms with E-state index < -0.39 is 0 Å². The fraction of sp³-hybridized carbons (Fsp3) is 0.500. The fourth-order valence-electron chi connectivity index (χ4n) is 2.95. The van der Waals surface area contributed by atoms with Crippen molar-refractivity contribution in [3.8, 4) is 11.3 Å². The molecule has 0 saturated carbocycles. The maximum Gasteiger partial charge on any atom is 0.0967 e. The average molecular weight is 300 g/mol. The zero-order valence-corrected chi connectivity index (χ0v) is 14.0. The van der Waals surface area contributed by atoms with Gasteiger partial charge in [-0.2, -0.15) is 0 Å². The summed E-state index contributed by atoms with van der Waals surface area (Å²) in [5.74, 6) is 1.24. The zero-order valence-electron chi connectivity index (χ0n) is 13.1. The van der Waals surface area contributed by atoms with Gasteiger partial charge in [-0.15, -0.1) is 11.3 Å². The Morgan fingerprint density at radius 3 is 2.43 bits per heavy atom. The SMILES string of the molecule is Cc1sc(C2CCNCC2)nc1-c1ccc(C(C)C)cc1. The molecule has 21 heavy (non-hydrogen) atoms. The minimum absolute atomic E-state index is 0.584. The van der Waals surface area contributed by atoms with Crippen LogP contribution in [0.5, 0.6) is 0 Å². The molecule has 0 spiro atoms. The summed E-state index contributed by atoms with van der Waals surface area (Å²) in [7, 11) is 0. The highest BCUT2D eigenvalue weighted by atomic mass is 32.1. The smallest absolute Gasteiger partial charge is 0.0967 e. The molecule has 1 aromatic carbocycles. The lowest BCUT2D eigenvalue weighted by Gasteiger charge is -2.20. The van der Waals surface area contributed by atoms with Crippen molar-refractivity contribution in [2.45, 2.75) is 45.4 Å². The molecule has 0 amide bonds. The van der Waals surface area contributed by atoms with Gasteiger partial charge in [0.25, 0.3) is 0 Å². The highest BCUT2D eigenvalue weighted by molar-refractivity contribution is 7.12. The molecule has 1 N–H and O–H groups in total. The third-order valence-electron chi connectivity index (χ3n) is 4.35. The number of rotatable bonds is 3. The molecule has 0 radical (unpaired) electrons. The van der Waals surface area contributed by atoms with Crippen LogP contribution in [0.3, 0.4) is 0 Å². The summed E-state index contributed by atoms with van der Waals surface area (Å²) in [6.45, 7) is 8.92. The van der Waals surface area contributed by atoms with Crippen LogP contribution in [0.1, 0.15) is 54.0 Å². The molecule has 2 aromatic rings. The van der Waals surface area contributed by atoms with Gasteiger partial charge in [0.05, 0.1) is 10.7 Å². The van der Waals surface area contributed by atoms with Crippen LogP contribution in [0.4, 0.5) is 0 Å². The van der Waals surface area contributed by atoms with Gasteiger partial charge < -0.3 is 5.32 Å². The second-order valence-electron chi connectivity index (χ2n) is 6.26. The number of thiazole rings is 1. The number of aryl methyl sites for hydroxylation is 1. The molecular formula is C18H24N2S. The van der Waals surface area contributed by atoms with Gasteiger partial charge in [-0.05, 0) is 44.3 Å². The van der Waals surface area contributed by atoms with Crippen molar-refractivity contribution < 1.29 is 0 Å². The van der Waals surface area contributed by atoms with E-state index in [0.29, 0.717) is 11.8 Å². The molecule has 0 bridgehead atoms. The van der Waals surface area contributed by atoms with E-state index in [9.17, 15) is 0 Å². The first kappa shape index (κ1) is 14.7. The Balaban J connectivity index is 1.86. The lowest BCUT2D eigenvalue weighted by Crippen LogP contribution is -2.26. The van der Waals surface area contributed by atoms with Crippen LogP contribution in [-0.2, 0) is 0 Å². The average Bonchev–Trinajstić information content (AvgIpc) is 2.90. The molecule has 2 heterocycles. The molecule has 0 unspecified atom stereocenters. The number of nitrogens with one attached hydrogen (secondary N) is 1. The third kappa shape index (κ3) is 3.19. The van der Waals surface area contributed by atoms with Crippen molar-refractivity contribution >= 4 is 11.3 Å². The molecule has 1 fully saturated rings. The van der Waals surface area contributed by atoms with Crippen molar-refractivity contribution in [3.63, 3.8) is 0 Å². The number of aromatic nitrogens is 1. The van der Waals surface area contributed by atoms with Crippen LogP contribution < -0.4 is 5.32 Å². The Kier molecular flexibility index (Phi) is 4.41. The monoisotopic (exact) mass is 300 g/mol. The maximum atomic E-state index is 4.97. The second kappa shape index (κ2) is 6.29. The van der Waals surface area contributed by atoms with E-state index >= 15 is 0 Å². The lowest BCUT2D eigenvalue weighted by atomic mass is 9.99. The van der Waals surface area contributed by atoms with E-state index in [1.54, 1.807) is 0 Å². The summed E-state index contributed by atoms with van der Waals surface area (Å²) in [5.41, 5.74) is 3.84. The standard InChI is InChI=1S/C18H24N2S/c1-12(2)14-4-6-15(7-5-14)17-13(3)21-18(20-17)16-8-10-19-11-9-16/h4-7,12,16,19H,8-11H2,1-3H3. The Morgan fingerprint density at radius 1 is 1.14 bits per heavy atom. The Bertz CT molecular complexity index is 592. The Morgan fingerprint density at radius 2 is 1.81 bits per heavy atom. The van der Waals surface area contributed by atoms with Gasteiger partial charge in [0.2, 0.25) is 0 Å². The number of nitrogens with zero attached hydrogens (tertiary/aromatic N) is 1. The summed E-state index contributed by atoms with van der Waals surface area (Å²) in [6, 6.07) is 8.93. The summed E-state index contributed by atoms with van der Waals surface area (Å²) >= 11 is 1.89. The molecule has 2 nitrogen and oxygen atoms in total. The summed E-state index contributed by atoms with van der Waals surface area (Å²) in [5, 5.41) is 4.76. The molecule has 1 aliphatic heterocycles. The lowest BCUT2D eigenvalue weighted by molar-refractivity contribution is 0.459. The zero-order chi connectivity index (χ0) is 14.8. The third-order valence-corrected chi connectivity index (χ3v) is 5.49. The molecular weight excluding hydrogens is 276 g/mol. The summed E-state index contributed by atoms with van der Waals surface area (Å²) in [6.07, 6.45) is 2.44. The van der Waals surface area contributed by atoms with E-state index in [0.717, 1.165) is 13.1 Å². The molecule has 1 aliphatic rings. The van der Waals surface area contributed by atoms with Crippen molar-refractivity contribution in [2.75, 3.05) is 13.1 Å². The van der Waals surface area contributed by atoms with Gasteiger partial charge in [0.15, 0.2) is 0 Å². The first-order valence-electron chi connectivity index (χ1n) is 7.93. The molecule has 3 rings (SSSR count). The van der Waals surface area contributed by atoms with Gasteiger partial charge in [-0.1, -0.05) is 38.1 Å². The van der Waals surface area contributed by atoms with Crippen molar-refractivity contribution in [1.29, 1.82) is 0 Å². The normalized spacial score (nSPS) is 16.6. The molecule has 112 valence electrons. The summed E-state index contributed by atoms with van der Waals surface area (Å²) in [4.78, 5) is 6.32. The first-order chi connectivity index (χ1) is 10.1. The van der Waals surface area contributed by atoms with Crippen LogP contribution >= 0.6 is 11.3 Å². The molecule has 1 saturated heterocycles. The maximum absolute atomic E-state index is 4.97. The van der Waals surface area contributed by atoms with E-state index in [1.807, 2.05) is 11.3 Å². The van der Waals surface area contributed by atoms with Gasteiger partial charge >= 0.3 is 0 Å².